The molecule has 0 saturated heterocycles. The number of carbonyl (C=O) groups is 1. The summed E-state index contributed by atoms with van der Waals surface area (Å²) in [5.41, 5.74) is 8.46. The molecule has 0 saturated carbocycles. The van der Waals surface area contributed by atoms with Gasteiger partial charge < -0.3 is 15.8 Å². The number of nitrogen functional groups attached to an aromatic ring is 1. The van der Waals surface area contributed by atoms with E-state index in [4.69, 9.17) is 10.5 Å². The summed E-state index contributed by atoms with van der Waals surface area (Å²) >= 11 is 0. The molecule has 122 valence electrons. The van der Waals surface area contributed by atoms with E-state index in [9.17, 15) is 4.79 Å². The fourth-order valence-electron chi connectivity index (χ4n) is 3.06. The average molecular weight is 314 g/mol. The van der Waals surface area contributed by atoms with Crippen LogP contribution in [-0.2, 0) is 7.05 Å². The smallest absolute Gasteiger partial charge is 0.270 e. The van der Waals surface area contributed by atoms with Gasteiger partial charge in [-0.25, -0.2) is 0 Å². The van der Waals surface area contributed by atoms with Crippen LogP contribution < -0.4 is 15.8 Å². The van der Waals surface area contributed by atoms with Crippen molar-refractivity contribution >= 4 is 11.6 Å². The normalized spacial score (nSPS) is 18.9. The van der Waals surface area contributed by atoms with Gasteiger partial charge >= 0.3 is 0 Å². The number of nitrogens with two attached hydrogens (primary N) is 1. The Bertz CT molecular complexity index is 764. The third-order valence-corrected chi connectivity index (χ3v) is 4.03. The molecule has 1 atom stereocenters. The van der Waals surface area contributed by atoms with Gasteiger partial charge in [0, 0.05) is 24.7 Å². The Morgan fingerprint density at radius 3 is 2.83 bits per heavy atom. The van der Waals surface area contributed by atoms with Crippen molar-refractivity contribution in [1.82, 2.24) is 15.1 Å². The fourth-order valence-corrected chi connectivity index (χ4v) is 3.06. The molecule has 1 aromatic heterocycles. The van der Waals surface area contributed by atoms with Crippen LogP contribution in [0.25, 0.3) is 0 Å². The summed E-state index contributed by atoms with van der Waals surface area (Å²) in [4.78, 5) is 12.6. The summed E-state index contributed by atoms with van der Waals surface area (Å²) in [6.45, 7) is 5.89. The number of nitrogens with one attached hydrogen (secondary N) is 1. The molecule has 0 fully saturated rings. The van der Waals surface area contributed by atoms with Gasteiger partial charge in [0.05, 0.1) is 11.7 Å². The number of rotatable bonds is 2. The highest BCUT2D eigenvalue weighted by Crippen LogP contribution is 2.40. The first-order valence-electron chi connectivity index (χ1n) is 7.65. The molecule has 0 aliphatic carbocycles. The molecule has 2 aromatic rings. The zero-order valence-corrected chi connectivity index (χ0v) is 13.9. The van der Waals surface area contributed by atoms with E-state index in [1.54, 1.807) is 17.8 Å². The predicted molar refractivity (Wildman–Crippen MR) is 88.3 cm³/mol. The first-order valence-corrected chi connectivity index (χ1v) is 7.65. The minimum atomic E-state index is -0.358. The predicted octanol–water partition coefficient (Wildman–Crippen LogP) is 2.34. The van der Waals surface area contributed by atoms with Crippen molar-refractivity contribution in [3.05, 3.63) is 41.2 Å². The van der Waals surface area contributed by atoms with E-state index in [1.165, 1.54) is 0 Å². The van der Waals surface area contributed by atoms with Crippen LogP contribution in [0.5, 0.6) is 5.75 Å². The molecule has 0 radical (unpaired) electrons. The Hall–Kier alpha value is -2.50. The lowest BCUT2D eigenvalue weighted by Crippen LogP contribution is -2.41. The molecule has 1 unspecified atom stereocenters. The monoisotopic (exact) mass is 314 g/mol. The van der Waals surface area contributed by atoms with Crippen LogP contribution in [0.4, 0.5) is 5.69 Å². The first-order chi connectivity index (χ1) is 10.7. The molecule has 3 N–H and O–H groups in total. The van der Waals surface area contributed by atoms with Crippen LogP contribution in [0.15, 0.2) is 24.3 Å². The lowest BCUT2D eigenvalue weighted by Gasteiger charge is -2.38. The van der Waals surface area contributed by atoms with Crippen LogP contribution in [0, 0.1) is 6.92 Å². The standard InChI is InChI=1S/C17H22N4O2/c1-10-7-14(21(4)20-10)16(22)19-13-9-17(2,3)23-15-6-5-11(18)8-12(13)15/h5-8,13H,9,18H2,1-4H3,(H,19,22). The van der Waals surface area contributed by atoms with Gasteiger partial charge in [-0.3, -0.25) is 9.48 Å². The zero-order valence-electron chi connectivity index (χ0n) is 13.9. The number of fused-ring (bicyclic) bond motifs is 1. The van der Waals surface area contributed by atoms with Crippen LogP contribution in [0.3, 0.4) is 0 Å². The third kappa shape index (κ3) is 3.02. The van der Waals surface area contributed by atoms with Gasteiger partial charge in [0.25, 0.3) is 5.91 Å². The maximum absolute atomic E-state index is 12.6. The van der Waals surface area contributed by atoms with Crippen molar-refractivity contribution in [2.75, 3.05) is 5.73 Å². The number of carbonyl (C=O) groups excluding carboxylic acids is 1. The zero-order chi connectivity index (χ0) is 16.8. The molecular weight excluding hydrogens is 292 g/mol. The molecule has 1 aromatic carbocycles. The van der Waals surface area contributed by atoms with E-state index in [0.29, 0.717) is 17.8 Å². The number of anilines is 1. The Morgan fingerprint density at radius 2 is 2.17 bits per heavy atom. The second-order valence-corrected chi connectivity index (χ2v) is 6.68. The summed E-state index contributed by atoms with van der Waals surface area (Å²) in [6, 6.07) is 7.16. The van der Waals surface area contributed by atoms with Crippen molar-refractivity contribution in [2.24, 2.45) is 7.05 Å². The number of amides is 1. The molecule has 1 aliphatic rings. The molecule has 0 bridgehead atoms. The third-order valence-electron chi connectivity index (χ3n) is 4.03. The summed E-state index contributed by atoms with van der Waals surface area (Å²) in [5, 5.41) is 7.32. The molecule has 1 amide bonds. The lowest BCUT2D eigenvalue weighted by atomic mass is 9.89. The average Bonchev–Trinajstić information content (AvgIpc) is 2.78. The van der Waals surface area contributed by atoms with Gasteiger partial charge in [-0.15, -0.1) is 0 Å². The quantitative estimate of drug-likeness (QED) is 0.834. The van der Waals surface area contributed by atoms with E-state index in [-0.39, 0.29) is 17.6 Å². The van der Waals surface area contributed by atoms with Crippen LogP contribution in [0.1, 0.15) is 48.1 Å². The molecule has 3 rings (SSSR count). The van der Waals surface area contributed by atoms with Crippen LogP contribution >= 0.6 is 0 Å². The number of hydrogen-bond acceptors (Lipinski definition) is 4. The highest BCUT2D eigenvalue weighted by molar-refractivity contribution is 5.93. The highest BCUT2D eigenvalue weighted by atomic mass is 16.5. The summed E-state index contributed by atoms with van der Waals surface area (Å²) < 4.78 is 7.59. The lowest BCUT2D eigenvalue weighted by molar-refractivity contribution is 0.0617. The number of nitrogens with zero attached hydrogens (tertiary/aromatic N) is 2. The fraction of sp³-hybridized carbons (Fsp3) is 0.412. The summed E-state index contributed by atoms with van der Waals surface area (Å²) in [6.07, 6.45) is 0.673. The second kappa shape index (κ2) is 5.30. The van der Waals surface area contributed by atoms with Crippen molar-refractivity contribution in [3.8, 4) is 5.75 Å². The highest BCUT2D eigenvalue weighted by Gasteiger charge is 2.35. The number of benzene rings is 1. The number of aryl methyl sites for hydroxylation is 2. The molecular formula is C17H22N4O2. The SMILES string of the molecule is Cc1cc(C(=O)NC2CC(C)(C)Oc3ccc(N)cc32)n(C)n1. The van der Waals surface area contributed by atoms with Gasteiger partial charge in [-0.1, -0.05) is 0 Å². The Labute approximate surface area is 135 Å². The van der Waals surface area contributed by atoms with E-state index in [0.717, 1.165) is 17.0 Å². The molecule has 23 heavy (non-hydrogen) atoms. The van der Waals surface area contributed by atoms with Gasteiger partial charge in [-0.05, 0) is 45.0 Å². The summed E-state index contributed by atoms with van der Waals surface area (Å²) in [7, 11) is 1.77. The second-order valence-electron chi connectivity index (χ2n) is 6.68. The molecule has 0 spiro atoms. The van der Waals surface area contributed by atoms with Crippen molar-refractivity contribution in [1.29, 1.82) is 0 Å². The Kier molecular flexibility index (Phi) is 3.55. The largest absolute Gasteiger partial charge is 0.487 e. The van der Waals surface area contributed by atoms with Crippen molar-refractivity contribution in [3.63, 3.8) is 0 Å². The molecule has 2 heterocycles. The van der Waals surface area contributed by atoms with Crippen molar-refractivity contribution in [2.45, 2.75) is 38.8 Å². The van der Waals surface area contributed by atoms with Crippen LogP contribution in [0.2, 0.25) is 0 Å². The topological polar surface area (TPSA) is 82.2 Å². The van der Waals surface area contributed by atoms with E-state index >= 15 is 0 Å². The molecule has 6 nitrogen and oxygen atoms in total. The number of hydrogen-bond donors (Lipinski definition) is 2. The van der Waals surface area contributed by atoms with E-state index < -0.39 is 0 Å². The Morgan fingerprint density at radius 1 is 1.43 bits per heavy atom. The van der Waals surface area contributed by atoms with Gasteiger partial charge in [0.2, 0.25) is 0 Å². The van der Waals surface area contributed by atoms with Crippen LogP contribution in [-0.4, -0.2) is 21.3 Å². The number of ether oxygens (including phenoxy) is 1. The maximum atomic E-state index is 12.6. The molecule has 6 heteroatoms. The van der Waals surface area contributed by atoms with E-state index in [2.05, 4.69) is 10.4 Å². The van der Waals surface area contributed by atoms with Gasteiger partial charge in [-0.2, -0.15) is 5.10 Å². The number of aromatic nitrogens is 2. The van der Waals surface area contributed by atoms with Gasteiger partial charge in [0.1, 0.15) is 17.0 Å². The molecule has 1 aliphatic heterocycles. The van der Waals surface area contributed by atoms with E-state index in [1.807, 2.05) is 39.0 Å². The minimum absolute atomic E-state index is 0.149. The van der Waals surface area contributed by atoms with Crippen molar-refractivity contribution < 1.29 is 9.53 Å². The Balaban J connectivity index is 1.92. The maximum Gasteiger partial charge on any atom is 0.270 e. The van der Waals surface area contributed by atoms with Gasteiger partial charge in [0.15, 0.2) is 0 Å². The minimum Gasteiger partial charge on any atom is -0.487 e. The summed E-state index contributed by atoms with van der Waals surface area (Å²) in [5.74, 6) is 0.617. The first kappa shape index (κ1) is 15.4.